The summed E-state index contributed by atoms with van der Waals surface area (Å²) in [7, 11) is 39.2. The van der Waals surface area contributed by atoms with Gasteiger partial charge in [0.2, 0.25) is 6.49 Å². The monoisotopic (exact) mass is 1840 g/mol. The fraction of sp³-hybridized carbons (Fsp3) is 1.00. The number of ether oxygens (including phenoxy) is 15. The maximum absolute atomic E-state index is 14.2. The first-order valence-electron chi connectivity index (χ1n) is 42.5. The molecule has 9 rings (SSSR count). The van der Waals surface area contributed by atoms with Gasteiger partial charge in [0.05, 0.1) is 111 Å². The number of morpholine rings is 2. The smallest absolute Gasteiger partial charge is 0.359 e. The van der Waals surface area contributed by atoms with Gasteiger partial charge in [-0.15, -0.1) is 0 Å². The Hall–Kier alpha value is 1.06. The Morgan fingerprint density at radius 3 is 1.20 bits per heavy atom. The number of hydrogen-bond donors (Lipinski definition) is 3. The lowest BCUT2D eigenvalue weighted by molar-refractivity contribution is -0.153. The topological polar surface area (TPSA) is 331 Å². The molecule has 30 nitrogen and oxygen atoms in total. The van der Waals surface area contributed by atoms with Crippen molar-refractivity contribution < 1.29 is 127 Å². The van der Waals surface area contributed by atoms with Crippen molar-refractivity contribution in [1.82, 2.24) is 14.5 Å². The van der Waals surface area contributed by atoms with Gasteiger partial charge in [-0.2, -0.15) is 0 Å². The molecule has 684 valence electrons. The summed E-state index contributed by atoms with van der Waals surface area (Å²) >= 11 is 5.45. The maximum atomic E-state index is 14.2. The molecule has 9 aliphatic rings. The highest BCUT2D eigenvalue weighted by Gasteiger charge is 2.63. The SMILES string of the molecule is CP=O.[3H]P=O.[B]C1CC(OC(C)(C)C)C(COP(=O)(O)C(C)(C)OC2CC([B])OC2CC)O1.[B]C1CC(OC(C)(C)C)C(COP(O)(=S)C(C)(C)OC2CC([B])OC2CC)O1.[B]C1CC(OC(C)(C)P(=O)(O)OCC23COC(C([B])O2)C3OC(C)(C)C)C(CC)O1.[B]C1CN(C(C)(C)C)CC(COP(=O)(N(C)C)C(C)(C)N2CC([B])OC(CC)C2)O1. The van der Waals surface area contributed by atoms with Crippen LogP contribution in [0.15, 0.2) is 0 Å². The average molecular weight is 1840 g/mol. The van der Waals surface area contributed by atoms with E-state index in [-0.39, 0.29) is 120 Å². The van der Waals surface area contributed by atoms with E-state index in [1.165, 1.54) is 27.7 Å². The predicted molar refractivity (Wildman–Crippen MR) is 480 cm³/mol. The minimum Gasteiger partial charge on any atom is -0.382 e. The van der Waals surface area contributed by atoms with Crippen LogP contribution in [0.2, 0.25) is 0 Å². The van der Waals surface area contributed by atoms with Crippen molar-refractivity contribution in [3.63, 3.8) is 0 Å². The molecule has 0 saturated carbocycles. The summed E-state index contributed by atoms with van der Waals surface area (Å²) in [4.78, 5) is 36.7. The Morgan fingerprint density at radius 2 is 0.835 bits per heavy atom. The van der Waals surface area contributed by atoms with Gasteiger partial charge >= 0.3 is 15.2 Å². The van der Waals surface area contributed by atoms with E-state index in [2.05, 4.69) is 37.5 Å². The van der Waals surface area contributed by atoms with E-state index in [1.54, 1.807) is 39.3 Å². The summed E-state index contributed by atoms with van der Waals surface area (Å²) in [5, 5.41) is -4.71. The molecular formula is C76H143B8N3O27P6S. The number of nitrogens with zero attached hydrogens (tertiary/aromatic N) is 3. The second-order valence-corrected chi connectivity index (χ2v) is 50.3. The van der Waals surface area contributed by atoms with E-state index in [1.807, 2.05) is 96.9 Å². The highest BCUT2D eigenvalue weighted by molar-refractivity contribution is 8.10. The van der Waals surface area contributed by atoms with Crippen LogP contribution in [0.3, 0.4) is 0 Å². The molecule has 9 heterocycles. The van der Waals surface area contributed by atoms with Gasteiger partial charge in [-0.25, -0.2) is 4.67 Å². The quantitative estimate of drug-likeness (QED) is 0.0429. The summed E-state index contributed by atoms with van der Waals surface area (Å²) in [6, 6.07) is -3.67. The van der Waals surface area contributed by atoms with Crippen LogP contribution in [0.5, 0.6) is 0 Å². The highest BCUT2D eigenvalue weighted by Crippen LogP contribution is 2.63. The van der Waals surface area contributed by atoms with Gasteiger partial charge in [-0.3, -0.25) is 32.6 Å². The first kappa shape index (κ1) is 113. The van der Waals surface area contributed by atoms with E-state index in [0.717, 1.165) is 12.8 Å². The fourth-order valence-electron chi connectivity index (χ4n) is 15.3. The maximum Gasteiger partial charge on any atom is 0.359 e. The zero-order chi connectivity index (χ0) is 93.5. The van der Waals surface area contributed by atoms with Crippen LogP contribution in [-0.2, 0) is 124 Å². The van der Waals surface area contributed by atoms with Crippen LogP contribution < -0.4 is 0 Å². The molecule has 16 radical (unpaired) electrons. The minimum absolute atomic E-state index is 0.0173. The Balaban J connectivity index is 0.000000334. The first-order valence-corrected chi connectivity index (χ1v) is 51.1. The third-order valence-electron chi connectivity index (χ3n) is 21.8. The third-order valence-corrected chi connectivity index (χ3v) is 32.5. The zero-order valence-corrected chi connectivity index (χ0v) is 83.3. The molecule has 0 spiro atoms. The van der Waals surface area contributed by atoms with E-state index in [9.17, 15) is 28.4 Å². The molecule has 0 aromatic rings. The first-order chi connectivity index (χ1) is 55.7. The second-order valence-electron chi connectivity index (χ2n) is 38.1. The Morgan fingerprint density at radius 1 is 0.488 bits per heavy atom. The van der Waals surface area contributed by atoms with E-state index < -0.39 is 143 Å². The van der Waals surface area contributed by atoms with Gasteiger partial charge in [-0.1, -0.05) is 27.7 Å². The molecule has 0 aliphatic carbocycles. The minimum atomic E-state index is -4.24. The summed E-state index contributed by atoms with van der Waals surface area (Å²) in [5.41, 5.74) is -2.29. The molecule has 9 fully saturated rings. The molecule has 9 saturated heterocycles. The normalized spacial score (nSPS) is 35.5. The molecule has 27 atom stereocenters. The van der Waals surface area contributed by atoms with Gasteiger partial charge in [0.25, 0.3) is 7.52 Å². The second kappa shape index (κ2) is 47.3. The summed E-state index contributed by atoms with van der Waals surface area (Å²) in [6.45, 7) is 46.3. The van der Waals surface area contributed by atoms with Crippen molar-refractivity contribution >= 4 is 121 Å². The third kappa shape index (κ3) is 33.3. The lowest BCUT2D eigenvalue weighted by Crippen LogP contribution is -2.58. The highest BCUT2D eigenvalue weighted by atomic mass is 32.5. The zero-order valence-electron chi connectivity index (χ0n) is 78.1. The number of hydrogen-bond acceptors (Lipinski definition) is 27. The Kier molecular flexibility index (Phi) is 44.0. The van der Waals surface area contributed by atoms with Crippen molar-refractivity contribution in [2.75, 3.05) is 80.0 Å². The van der Waals surface area contributed by atoms with Crippen LogP contribution in [0, 0.1) is 0 Å². The molecule has 0 amide bonds. The largest absolute Gasteiger partial charge is 0.382 e. The Labute approximate surface area is 746 Å². The van der Waals surface area contributed by atoms with Crippen LogP contribution in [0.1, 0.15) is 224 Å². The molecule has 45 heteroatoms. The van der Waals surface area contributed by atoms with Crippen LogP contribution in [0.4, 0.5) is 0 Å². The summed E-state index contributed by atoms with van der Waals surface area (Å²) < 4.78 is 176. The van der Waals surface area contributed by atoms with Gasteiger partial charge < -0.3 is 104 Å². The van der Waals surface area contributed by atoms with Crippen molar-refractivity contribution in [1.29, 1.82) is 1.28 Å². The van der Waals surface area contributed by atoms with E-state index >= 15 is 0 Å². The molecule has 0 aromatic heterocycles. The number of fused-ring (bicyclic) bond motifs is 2. The van der Waals surface area contributed by atoms with Gasteiger partial charge in [-0.05, 0) is 222 Å². The molecule has 3 N–H and O–H groups in total. The van der Waals surface area contributed by atoms with Crippen LogP contribution in [0.25, 0.3) is 0 Å². The summed E-state index contributed by atoms with van der Waals surface area (Å²) in [5.74, 6) is 0. The van der Waals surface area contributed by atoms with Gasteiger partial charge in [0, 0.05) is 86.4 Å². The van der Waals surface area contributed by atoms with Crippen LogP contribution >= 0.6 is 46.7 Å². The molecular weight excluding hydrogens is 1690 g/mol. The molecule has 0 aromatic carbocycles. The van der Waals surface area contributed by atoms with Crippen molar-refractivity contribution in [2.45, 2.75) is 407 Å². The standard InChI is InChI=1S/C20H40B2N3O4P.C19H33B2O8P.C18H33B2O7P.C18H33B2O6PS.CH3OP.HOP/c1-9-15-10-25(13-18(22)28-15)20(5,6)30(26,23(7)8)27-14-16-11-24(19(2,3)4)12-17(21)29-16;1-7-11-12(8-13(20)26-11)27-18(5,6)30(22,23)25-10-19-9-24-14(16(21)29-19)15(19)28-17(2,3)4;1-7-11-12(8-15(19)24-11)27-18(5,6)28(21,22)23-10-14-13(9-16(20)25-14)26-17(2,3)4;1-7-11-12(8-15(19)23-11)26-18(5,6)27(21,28)22-10-14-13(9-16(20)24-14)25-17(2,3)4;1-3-2;1-2/h15-18H,9-14H2,1-8H3;11-16H,7-10H2,1-6H3,(H,22,23);11-16H,7-10H2,1-6H3,(H,21,22);11-16H,7-10H2,1-6H3,(H,21,28);1H3;2H/i;;;;;2T. The average Bonchev–Trinajstić information content (AvgIpc) is 1.58. The molecule has 121 heavy (non-hydrogen) atoms. The van der Waals surface area contributed by atoms with Crippen molar-refractivity contribution in [3.05, 3.63) is 0 Å². The van der Waals surface area contributed by atoms with Gasteiger partial charge in [0.15, 0.2) is 19.1 Å². The van der Waals surface area contributed by atoms with Crippen LogP contribution in [-0.4, -0.2) is 356 Å². The Bertz CT molecular complexity index is 3290. The lowest BCUT2D eigenvalue weighted by Gasteiger charge is -2.50. The van der Waals surface area contributed by atoms with Crippen molar-refractivity contribution in [2.24, 2.45) is 0 Å². The fourth-order valence-corrected chi connectivity index (χ4v) is 20.8. The summed E-state index contributed by atoms with van der Waals surface area (Å²) in [6.07, 6.45) is 1.30. The van der Waals surface area contributed by atoms with Crippen molar-refractivity contribution in [3.8, 4) is 0 Å². The predicted octanol–water partition coefficient (Wildman–Crippen LogP) is 10.4. The number of rotatable bonds is 31. The van der Waals surface area contributed by atoms with Gasteiger partial charge in [0.1, 0.15) is 114 Å². The van der Waals surface area contributed by atoms with E-state index in [4.69, 9.17) is 174 Å². The molecule has 9 aliphatic heterocycles. The molecule has 2 bridgehead atoms. The van der Waals surface area contributed by atoms with E-state index in [0.29, 0.717) is 71.1 Å². The molecule has 27 unspecified atom stereocenters. The lowest BCUT2D eigenvalue weighted by atomic mass is 9.91.